The minimum atomic E-state index is 0.517. The van der Waals surface area contributed by atoms with E-state index in [4.69, 9.17) is 11.6 Å². The molecule has 0 aliphatic carbocycles. The number of hydrogen-bond donors (Lipinski definition) is 0. The number of fused-ring (bicyclic) bond motifs is 1. The first-order chi connectivity index (χ1) is 6.70. The van der Waals surface area contributed by atoms with Gasteiger partial charge in [-0.25, -0.2) is 9.97 Å². The number of hydrogen-bond acceptors (Lipinski definition) is 2. The van der Waals surface area contributed by atoms with E-state index in [1.807, 2.05) is 38.5 Å². The predicted octanol–water partition coefficient (Wildman–Crippen LogP) is 2.96. The zero-order valence-electron chi connectivity index (χ0n) is 8.87. The van der Waals surface area contributed by atoms with Gasteiger partial charge in [0.05, 0.1) is 5.39 Å². The number of halogens is 1. The number of rotatable bonds is 0. The molecule has 76 valence electrons. The molecule has 4 heteroatoms. The second-order valence-corrected chi connectivity index (χ2v) is 3.10. The Morgan fingerprint density at radius 1 is 1.29 bits per heavy atom. The lowest BCUT2D eigenvalue weighted by Gasteiger charge is -1.96. The van der Waals surface area contributed by atoms with Gasteiger partial charge < -0.3 is 4.57 Å². The Morgan fingerprint density at radius 2 is 1.93 bits per heavy atom. The lowest BCUT2D eigenvalue weighted by Crippen LogP contribution is -1.91. The van der Waals surface area contributed by atoms with E-state index in [-0.39, 0.29) is 0 Å². The SMILES string of the molecule is CC.Cc1cc2c(Cl)ncnc2n1C. The second kappa shape index (κ2) is 4.42. The molecular weight excluding hydrogens is 198 g/mol. The average Bonchev–Trinajstić information content (AvgIpc) is 2.50. The summed E-state index contributed by atoms with van der Waals surface area (Å²) in [7, 11) is 1.96. The molecular formula is C10H14ClN3. The Balaban J connectivity index is 0.000000461. The van der Waals surface area contributed by atoms with E-state index in [9.17, 15) is 0 Å². The van der Waals surface area contributed by atoms with Gasteiger partial charge in [-0.15, -0.1) is 0 Å². The smallest absolute Gasteiger partial charge is 0.144 e. The number of aryl methyl sites for hydroxylation is 2. The van der Waals surface area contributed by atoms with Gasteiger partial charge >= 0.3 is 0 Å². The van der Waals surface area contributed by atoms with Crippen molar-refractivity contribution in [3.8, 4) is 0 Å². The monoisotopic (exact) mass is 211 g/mol. The van der Waals surface area contributed by atoms with E-state index in [1.54, 1.807) is 0 Å². The second-order valence-electron chi connectivity index (χ2n) is 2.75. The third-order valence-electron chi connectivity index (χ3n) is 2.01. The first-order valence-corrected chi connectivity index (χ1v) is 5.00. The Hall–Kier alpha value is -1.09. The Kier molecular flexibility index (Phi) is 3.47. The molecule has 0 aliphatic heterocycles. The molecule has 2 heterocycles. The van der Waals surface area contributed by atoms with Crippen LogP contribution in [0, 0.1) is 6.92 Å². The highest BCUT2D eigenvalue weighted by molar-refractivity contribution is 6.33. The molecule has 14 heavy (non-hydrogen) atoms. The third kappa shape index (κ3) is 1.73. The van der Waals surface area contributed by atoms with Crippen LogP contribution in [0.3, 0.4) is 0 Å². The molecule has 0 aromatic carbocycles. The number of aromatic nitrogens is 3. The molecule has 2 aromatic rings. The highest BCUT2D eigenvalue weighted by Crippen LogP contribution is 2.21. The van der Waals surface area contributed by atoms with E-state index < -0.39 is 0 Å². The zero-order valence-corrected chi connectivity index (χ0v) is 9.63. The van der Waals surface area contributed by atoms with Gasteiger partial charge in [-0.2, -0.15) is 0 Å². The third-order valence-corrected chi connectivity index (χ3v) is 2.32. The van der Waals surface area contributed by atoms with Crippen LogP contribution in [-0.2, 0) is 7.05 Å². The summed E-state index contributed by atoms with van der Waals surface area (Å²) in [6.07, 6.45) is 1.48. The highest BCUT2D eigenvalue weighted by atomic mass is 35.5. The van der Waals surface area contributed by atoms with E-state index >= 15 is 0 Å². The molecule has 0 radical (unpaired) electrons. The van der Waals surface area contributed by atoms with Crippen molar-refractivity contribution in [2.24, 2.45) is 7.05 Å². The summed E-state index contributed by atoms with van der Waals surface area (Å²) in [6, 6.07) is 1.98. The van der Waals surface area contributed by atoms with Gasteiger partial charge in [0.2, 0.25) is 0 Å². The maximum Gasteiger partial charge on any atom is 0.144 e. The Labute approximate surface area is 88.7 Å². The summed E-state index contributed by atoms with van der Waals surface area (Å²) >= 11 is 5.88. The molecule has 0 saturated heterocycles. The lowest BCUT2D eigenvalue weighted by molar-refractivity contribution is 0.899. The normalized spacial score (nSPS) is 9.79. The maximum absolute atomic E-state index is 5.88. The van der Waals surface area contributed by atoms with Crippen molar-refractivity contribution in [1.82, 2.24) is 14.5 Å². The van der Waals surface area contributed by atoms with Crippen molar-refractivity contribution in [1.29, 1.82) is 0 Å². The molecule has 0 aliphatic rings. The molecule has 3 nitrogen and oxygen atoms in total. The fourth-order valence-corrected chi connectivity index (χ4v) is 1.41. The zero-order chi connectivity index (χ0) is 10.7. The van der Waals surface area contributed by atoms with Crippen LogP contribution in [0.25, 0.3) is 11.0 Å². The molecule has 0 atom stereocenters. The Morgan fingerprint density at radius 3 is 2.50 bits per heavy atom. The molecule has 0 amide bonds. The highest BCUT2D eigenvalue weighted by Gasteiger charge is 2.06. The lowest BCUT2D eigenvalue weighted by atomic mass is 10.4. The van der Waals surface area contributed by atoms with Crippen LogP contribution in [0.1, 0.15) is 19.5 Å². The van der Waals surface area contributed by atoms with Crippen LogP contribution in [-0.4, -0.2) is 14.5 Å². The molecule has 0 N–H and O–H groups in total. The van der Waals surface area contributed by atoms with E-state index in [2.05, 4.69) is 9.97 Å². The minimum Gasteiger partial charge on any atom is -0.333 e. The van der Waals surface area contributed by atoms with Crippen LogP contribution in [0.5, 0.6) is 0 Å². The first kappa shape index (κ1) is 11.0. The van der Waals surface area contributed by atoms with E-state index in [1.165, 1.54) is 6.33 Å². The quantitative estimate of drug-likeness (QED) is 0.628. The largest absolute Gasteiger partial charge is 0.333 e. The first-order valence-electron chi connectivity index (χ1n) is 4.62. The summed E-state index contributed by atoms with van der Waals surface area (Å²) in [6.45, 7) is 6.01. The summed E-state index contributed by atoms with van der Waals surface area (Å²) < 4.78 is 1.99. The van der Waals surface area contributed by atoms with E-state index in [0.29, 0.717) is 5.15 Å². The van der Waals surface area contributed by atoms with Gasteiger partial charge in [-0.1, -0.05) is 25.4 Å². The topological polar surface area (TPSA) is 30.7 Å². The van der Waals surface area contributed by atoms with Gasteiger partial charge in [0.1, 0.15) is 17.1 Å². The van der Waals surface area contributed by atoms with Crippen molar-refractivity contribution in [3.05, 3.63) is 23.2 Å². The van der Waals surface area contributed by atoms with Crippen molar-refractivity contribution in [2.75, 3.05) is 0 Å². The molecule has 0 spiro atoms. The standard InChI is InChI=1S/C8H8ClN3.C2H6/c1-5-3-6-7(9)10-4-11-8(6)12(5)2;1-2/h3-4H,1-2H3;1-2H3. The molecule has 2 rings (SSSR count). The number of nitrogens with zero attached hydrogens (tertiary/aromatic N) is 3. The molecule has 0 fully saturated rings. The fourth-order valence-electron chi connectivity index (χ4n) is 1.23. The summed E-state index contributed by atoms with van der Waals surface area (Å²) in [5.41, 5.74) is 2.01. The van der Waals surface area contributed by atoms with Gasteiger partial charge in [-0.05, 0) is 13.0 Å². The minimum absolute atomic E-state index is 0.517. The van der Waals surface area contributed by atoms with Gasteiger partial charge in [0.15, 0.2) is 0 Å². The maximum atomic E-state index is 5.88. The van der Waals surface area contributed by atoms with Crippen molar-refractivity contribution in [3.63, 3.8) is 0 Å². The van der Waals surface area contributed by atoms with Crippen LogP contribution in [0.4, 0.5) is 0 Å². The average molecular weight is 212 g/mol. The van der Waals surface area contributed by atoms with Crippen LogP contribution in [0.2, 0.25) is 5.15 Å². The van der Waals surface area contributed by atoms with Gasteiger partial charge in [-0.3, -0.25) is 0 Å². The summed E-state index contributed by atoms with van der Waals surface area (Å²) in [5.74, 6) is 0. The molecule has 0 bridgehead atoms. The summed E-state index contributed by atoms with van der Waals surface area (Å²) in [5, 5.41) is 1.43. The van der Waals surface area contributed by atoms with Crippen LogP contribution < -0.4 is 0 Å². The van der Waals surface area contributed by atoms with Crippen LogP contribution >= 0.6 is 11.6 Å². The van der Waals surface area contributed by atoms with Gasteiger partial charge in [0, 0.05) is 12.7 Å². The van der Waals surface area contributed by atoms with Crippen molar-refractivity contribution < 1.29 is 0 Å². The molecule has 2 aromatic heterocycles. The van der Waals surface area contributed by atoms with E-state index in [0.717, 1.165) is 16.7 Å². The van der Waals surface area contributed by atoms with Crippen molar-refractivity contribution in [2.45, 2.75) is 20.8 Å². The van der Waals surface area contributed by atoms with Crippen LogP contribution in [0.15, 0.2) is 12.4 Å². The van der Waals surface area contributed by atoms with Gasteiger partial charge in [0.25, 0.3) is 0 Å². The van der Waals surface area contributed by atoms with Crippen molar-refractivity contribution >= 4 is 22.6 Å². The Bertz CT molecular complexity index is 434. The fraction of sp³-hybridized carbons (Fsp3) is 0.400. The molecule has 0 unspecified atom stereocenters. The predicted molar refractivity (Wildman–Crippen MR) is 59.6 cm³/mol. The molecule has 0 saturated carbocycles. The summed E-state index contributed by atoms with van der Waals surface area (Å²) in [4.78, 5) is 8.03.